The predicted molar refractivity (Wildman–Crippen MR) is 102 cm³/mol. The summed E-state index contributed by atoms with van der Waals surface area (Å²) in [7, 11) is 3.96. The third-order valence-corrected chi connectivity index (χ3v) is 5.07. The molecule has 1 atom stereocenters. The van der Waals surface area contributed by atoms with Gasteiger partial charge in [-0.1, -0.05) is 12.7 Å². The van der Waals surface area contributed by atoms with E-state index >= 15 is 0 Å². The van der Waals surface area contributed by atoms with Gasteiger partial charge in [-0.2, -0.15) is 9.61 Å². The van der Waals surface area contributed by atoms with Crippen LogP contribution < -0.4 is 11.1 Å². The molecule has 3 rings (SSSR count). The lowest BCUT2D eigenvalue weighted by atomic mass is 9.96. The van der Waals surface area contributed by atoms with Crippen LogP contribution in [0.2, 0.25) is 0 Å². The van der Waals surface area contributed by atoms with Gasteiger partial charge in [-0.25, -0.2) is 4.98 Å². The standard InChI is InChI=1S/C17H23BrN6/c1-4-11(10-23(2)3)13-9-21-24-16(19)14(18)15(22-17(13)24)12-6-5-7-20-8-12/h4,9-10,12,20H,1,5-8,19H2,2-3H3/b11-10+. The van der Waals surface area contributed by atoms with Crippen LogP contribution in [0.5, 0.6) is 0 Å². The van der Waals surface area contributed by atoms with Crippen LogP contribution in [0, 0.1) is 0 Å². The zero-order valence-electron chi connectivity index (χ0n) is 14.1. The molecule has 0 spiro atoms. The molecule has 3 heterocycles. The number of nitrogen functional groups attached to an aromatic ring is 1. The van der Waals surface area contributed by atoms with Crippen molar-refractivity contribution in [2.75, 3.05) is 32.9 Å². The number of anilines is 1. The van der Waals surface area contributed by atoms with E-state index in [1.807, 2.05) is 31.3 Å². The summed E-state index contributed by atoms with van der Waals surface area (Å²) in [6, 6.07) is 0. The fourth-order valence-corrected chi connectivity index (χ4v) is 3.66. The Morgan fingerprint density at radius 3 is 2.96 bits per heavy atom. The lowest BCUT2D eigenvalue weighted by Crippen LogP contribution is -2.29. The molecule has 2 aromatic rings. The number of fused-ring (bicyclic) bond motifs is 1. The topological polar surface area (TPSA) is 71.5 Å². The highest BCUT2D eigenvalue weighted by Gasteiger charge is 2.23. The average molecular weight is 391 g/mol. The molecule has 0 aliphatic carbocycles. The number of nitrogens with two attached hydrogens (primary N) is 1. The molecule has 0 aromatic carbocycles. The summed E-state index contributed by atoms with van der Waals surface area (Å²) >= 11 is 3.62. The Hall–Kier alpha value is -1.86. The van der Waals surface area contributed by atoms with Crippen LogP contribution in [0.25, 0.3) is 11.2 Å². The van der Waals surface area contributed by atoms with Crippen molar-refractivity contribution in [1.29, 1.82) is 0 Å². The van der Waals surface area contributed by atoms with E-state index in [-0.39, 0.29) is 0 Å². The first-order valence-electron chi connectivity index (χ1n) is 8.07. The first-order chi connectivity index (χ1) is 11.5. The number of piperidine rings is 1. The molecule has 0 amide bonds. The minimum atomic E-state index is 0.355. The van der Waals surface area contributed by atoms with Crippen LogP contribution in [-0.2, 0) is 0 Å². The number of halogens is 1. The molecule has 0 saturated carbocycles. The van der Waals surface area contributed by atoms with E-state index in [4.69, 9.17) is 10.7 Å². The van der Waals surface area contributed by atoms with Gasteiger partial charge >= 0.3 is 0 Å². The SMILES string of the molecule is C=C/C(=C\N(C)C)c1cnn2c(N)c(Br)c(C3CCCNC3)nc12. The quantitative estimate of drug-likeness (QED) is 0.785. The lowest BCUT2D eigenvalue weighted by Gasteiger charge is -2.24. The second-order valence-corrected chi connectivity index (χ2v) is 7.08. The highest BCUT2D eigenvalue weighted by molar-refractivity contribution is 9.10. The first-order valence-corrected chi connectivity index (χ1v) is 8.86. The Labute approximate surface area is 150 Å². The van der Waals surface area contributed by atoms with Crippen LogP contribution >= 0.6 is 15.9 Å². The maximum Gasteiger partial charge on any atom is 0.165 e. The fourth-order valence-electron chi connectivity index (χ4n) is 3.08. The van der Waals surface area contributed by atoms with Crippen LogP contribution in [0.15, 0.2) is 29.5 Å². The van der Waals surface area contributed by atoms with Gasteiger partial charge in [0.05, 0.1) is 16.4 Å². The highest BCUT2D eigenvalue weighted by atomic mass is 79.9. The van der Waals surface area contributed by atoms with E-state index in [0.717, 1.165) is 52.9 Å². The van der Waals surface area contributed by atoms with Gasteiger partial charge < -0.3 is 16.0 Å². The Morgan fingerprint density at radius 2 is 2.33 bits per heavy atom. The molecule has 1 unspecified atom stereocenters. The largest absolute Gasteiger partial charge is 0.383 e. The molecule has 1 aliphatic heterocycles. The Balaban J connectivity index is 2.17. The average Bonchev–Trinajstić information content (AvgIpc) is 3.00. The van der Waals surface area contributed by atoms with E-state index in [9.17, 15) is 0 Å². The summed E-state index contributed by atoms with van der Waals surface area (Å²) in [6.45, 7) is 5.91. The fraction of sp³-hybridized carbons (Fsp3) is 0.412. The third kappa shape index (κ3) is 3.06. The molecule has 1 saturated heterocycles. The number of allylic oxidation sites excluding steroid dienone is 2. The van der Waals surface area contributed by atoms with E-state index in [0.29, 0.717) is 11.7 Å². The van der Waals surface area contributed by atoms with Crippen molar-refractivity contribution in [3.05, 3.63) is 40.8 Å². The van der Waals surface area contributed by atoms with Crippen molar-refractivity contribution < 1.29 is 0 Å². The molecular formula is C17H23BrN6. The molecule has 0 radical (unpaired) electrons. The Morgan fingerprint density at radius 1 is 1.54 bits per heavy atom. The van der Waals surface area contributed by atoms with Crippen LogP contribution in [0.1, 0.15) is 30.0 Å². The Bertz CT molecular complexity index is 786. The smallest absolute Gasteiger partial charge is 0.165 e. The van der Waals surface area contributed by atoms with Crippen LogP contribution in [0.3, 0.4) is 0 Å². The summed E-state index contributed by atoms with van der Waals surface area (Å²) in [5.74, 6) is 0.938. The van der Waals surface area contributed by atoms with Crippen LogP contribution in [0.4, 0.5) is 5.82 Å². The number of nitrogens with zero attached hydrogens (tertiary/aromatic N) is 4. The molecule has 7 heteroatoms. The molecule has 128 valence electrons. The number of rotatable bonds is 4. The van der Waals surface area contributed by atoms with Crippen LogP contribution in [-0.4, -0.2) is 46.7 Å². The number of nitrogens with one attached hydrogen (secondary N) is 1. The lowest BCUT2D eigenvalue weighted by molar-refractivity contribution is 0.453. The summed E-state index contributed by atoms with van der Waals surface area (Å²) in [5.41, 5.74) is 9.99. The minimum absolute atomic E-state index is 0.355. The van der Waals surface area contributed by atoms with Gasteiger partial charge in [0.2, 0.25) is 0 Å². The van der Waals surface area contributed by atoms with Crippen molar-refractivity contribution in [2.45, 2.75) is 18.8 Å². The molecular weight excluding hydrogens is 368 g/mol. The second kappa shape index (κ2) is 6.94. The van der Waals surface area contributed by atoms with Crippen molar-refractivity contribution in [2.24, 2.45) is 0 Å². The normalized spacial score (nSPS) is 18.8. The van der Waals surface area contributed by atoms with Gasteiger partial charge in [0.25, 0.3) is 0 Å². The zero-order valence-corrected chi connectivity index (χ0v) is 15.7. The monoisotopic (exact) mass is 390 g/mol. The highest BCUT2D eigenvalue weighted by Crippen LogP contribution is 2.34. The first kappa shape index (κ1) is 17.0. The van der Waals surface area contributed by atoms with Gasteiger partial charge in [-0.05, 0) is 35.3 Å². The van der Waals surface area contributed by atoms with Gasteiger partial charge in [-0.15, -0.1) is 0 Å². The van der Waals surface area contributed by atoms with Gasteiger partial charge in [0, 0.05) is 43.9 Å². The molecule has 2 aromatic heterocycles. The summed E-state index contributed by atoms with van der Waals surface area (Å²) in [5, 5.41) is 7.86. The minimum Gasteiger partial charge on any atom is -0.383 e. The molecule has 24 heavy (non-hydrogen) atoms. The summed E-state index contributed by atoms with van der Waals surface area (Å²) < 4.78 is 2.53. The Kier molecular flexibility index (Phi) is 4.91. The molecule has 1 aliphatic rings. The molecule has 6 nitrogen and oxygen atoms in total. The maximum atomic E-state index is 6.32. The summed E-state index contributed by atoms with van der Waals surface area (Å²) in [4.78, 5) is 6.90. The van der Waals surface area contributed by atoms with Gasteiger partial charge in [-0.3, -0.25) is 0 Å². The van der Waals surface area contributed by atoms with E-state index < -0.39 is 0 Å². The van der Waals surface area contributed by atoms with Crippen molar-refractivity contribution in [3.8, 4) is 0 Å². The van der Waals surface area contributed by atoms with Crippen molar-refractivity contribution >= 4 is 33.0 Å². The molecule has 3 N–H and O–H groups in total. The van der Waals surface area contributed by atoms with Gasteiger partial charge in [0.1, 0.15) is 5.82 Å². The molecule has 0 bridgehead atoms. The number of hydrogen-bond donors (Lipinski definition) is 2. The summed E-state index contributed by atoms with van der Waals surface area (Å²) in [6.07, 6.45) is 7.88. The maximum absolute atomic E-state index is 6.32. The zero-order chi connectivity index (χ0) is 17.3. The van der Waals surface area contributed by atoms with E-state index in [1.165, 1.54) is 0 Å². The molecule has 1 fully saturated rings. The van der Waals surface area contributed by atoms with Gasteiger partial charge in [0.15, 0.2) is 5.65 Å². The number of hydrogen-bond acceptors (Lipinski definition) is 5. The van der Waals surface area contributed by atoms with Crippen molar-refractivity contribution in [3.63, 3.8) is 0 Å². The predicted octanol–water partition coefficient (Wildman–Crippen LogP) is 2.63. The van der Waals surface area contributed by atoms with E-state index in [1.54, 1.807) is 10.7 Å². The third-order valence-electron chi connectivity index (χ3n) is 4.26. The second-order valence-electron chi connectivity index (χ2n) is 6.29. The number of aromatic nitrogens is 3. The van der Waals surface area contributed by atoms with Crippen molar-refractivity contribution in [1.82, 2.24) is 24.8 Å². The van der Waals surface area contributed by atoms with E-state index in [2.05, 4.69) is 32.9 Å².